The van der Waals surface area contributed by atoms with Gasteiger partial charge in [0.2, 0.25) is 5.90 Å². The average molecular weight is 349 g/mol. The van der Waals surface area contributed by atoms with Crippen LogP contribution in [0.15, 0.2) is 63.6 Å². The predicted octanol–water partition coefficient (Wildman–Crippen LogP) is 3.79. The van der Waals surface area contributed by atoms with Gasteiger partial charge < -0.3 is 18.6 Å². The molecule has 0 bridgehead atoms. The van der Waals surface area contributed by atoms with Crippen LogP contribution in [0.4, 0.5) is 0 Å². The van der Waals surface area contributed by atoms with Crippen molar-refractivity contribution in [2.45, 2.75) is 0 Å². The molecule has 2 heterocycles. The topological polar surface area (TPSA) is 70.3 Å². The Morgan fingerprint density at radius 2 is 1.81 bits per heavy atom. The summed E-state index contributed by atoms with van der Waals surface area (Å²) in [6.07, 6.45) is 1.57. The number of aliphatic imine (C=N–C) groups is 1. The van der Waals surface area contributed by atoms with E-state index in [9.17, 15) is 4.79 Å². The van der Waals surface area contributed by atoms with Crippen LogP contribution in [0.25, 0.3) is 17.0 Å². The van der Waals surface area contributed by atoms with E-state index in [0.29, 0.717) is 22.8 Å². The van der Waals surface area contributed by atoms with Gasteiger partial charge in [0.1, 0.15) is 11.3 Å². The van der Waals surface area contributed by atoms with Crippen molar-refractivity contribution in [3.63, 3.8) is 0 Å². The van der Waals surface area contributed by atoms with Crippen molar-refractivity contribution >= 4 is 28.9 Å². The molecule has 0 spiro atoms. The molecule has 1 aromatic heterocycles. The van der Waals surface area contributed by atoms with Gasteiger partial charge in [-0.15, -0.1) is 0 Å². The summed E-state index contributed by atoms with van der Waals surface area (Å²) >= 11 is 0. The second-order valence-corrected chi connectivity index (χ2v) is 5.59. The van der Waals surface area contributed by atoms with Gasteiger partial charge in [-0.25, -0.2) is 9.79 Å². The Morgan fingerprint density at radius 1 is 1.00 bits per heavy atom. The van der Waals surface area contributed by atoms with Crippen LogP contribution < -0.4 is 9.47 Å². The molecule has 4 rings (SSSR count). The first-order valence-corrected chi connectivity index (χ1v) is 7.91. The number of nitrogens with zero attached hydrogens (tertiary/aromatic N) is 1. The van der Waals surface area contributed by atoms with Gasteiger partial charge in [-0.1, -0.05) is 18.2 Å². The van der Waals surface area contributed by atoms with Crippen LogP contribution in [0.5, 0.6) is 11.5 Å². The molecule has 1 aliphatic heterocycles. The molecular formula is C20H15NO5. The normalized spacial score (nSPS) is 15.2. The lowest BCUT2D eigenvalue weighted by Gasteiger charge is -2.08. The lowest BCUT2D eigenvalue weighted by molar-refractivity contribution is -0.129. The van der Waals surface area contributed by atoms with Crippen molar-refractivity contribution in [1.82, 2.24) is 0 Å². The number of methoxy groups -OCH3 is 2. The number of hydrogen-bond acceptors (Lipinski definition) is 6. The number of carbonyl (C=O) groups is 1. The number of hydrogen-bond donors (Lipinski definition) is 0. The Labute approximate surface area is 149 Å². The van der Waals surface area contributed by atoms with Gasteiger partial charge in [-0.3, -0.25) is 0 Å². The number of carbonyl (C=O) groups excluding carboxylic acids is 1. The molecule has 1 aliphatic rings. The summed E-state index contributed by atoms with van der Waals surface area (Å²) < 4.78 is 21.5. The molecule has 3 aromatic rings. The van der Waals surface area contributed by atoms with Crippen LogP contribution >= 0.6 is 0 Å². The van der Waals surface area contributed by atoms with Crippen LogP contribution in [-0.4, -0.2) is 26.1 Å². The summed E-state index contributed by atoms with van der Waals surface area (Å²) in [6, 6.07) is 14.6. The number of cyclic esters (lactones) is 1. The zero-order valence-electron chi connectivity index (χ0n) is 14.2. The highest BCUT2D eigenvalue weighted by molar-refractivity contribution is 6.13. The molecule has 0 saturated carbocycles. The molecule has 6 nitrogen and oxygen atoms in total. The molecular weight excluding hydrogens is 334 g/mol. The molecule has 130 valence electrons. The molecule has 6 heteroatoms. The second-order valence-electron chi connectivity index (χ2n) is 5.59. The fourth-order valence-corrected chi connectivity index (χ4v) is 2.71. The third kappa shape index (κ3) is 2.82. The number of ether oxygens (including phenoxy) is 3. The number of furan rings is 1. The third-order valence-corrected chi connectivity index (χ3v) is 3.97. The van der Waals surface area contributed by atoms with E-state index in [0.717, 1.165) is 11.0 Å². The van der Waals surface area contributed by atoms with E-state index in [1.54, 1.807) is 31.4 Å². The number of fused-ring (bicyclic) bond motifs is 1. The van der Waals surface area contributed by atoms with Gasteiger partial charge >= 0.3 is 5.97 Å². The summed E-state index contributed by atoms with van der Waals surface area (Å²) in [4.78, 5) is 16.4. The van der Waals surface area contributed by atoms with E-state index in [1.165, 1.54) is 7.11 Å². The second kappa shape index (κ2) is 6.40. The molecule has 2 aromatic carbocycles. The molecule has 0 N–H and O–H groups in total. The molecule has 0 atom stereocenters. The summed E-state index contributed by atoms with van der Waals surface area (Å²) in [5, 5.41) is 0.954. The monoisotopic (exact) mass is 349 g/mol. The fourth-order valence-electron chi connectivity index (χ4n) is 2.71. The van der Waals surface area contributed by atoms with Gasteiger partial charge in [-0.05, 0) is 30.3 Å². The zero-order valence-corrected chi connectivity index (χ0v) is 14.2. The SMILES string of the molecule is COc1ccc(C2=N/C(=C/c3cc4ccccc4o3)C(=O)O2)cc1OC. The van der Waals surface area contributed by atoms with E-state index < -0.39 is 5.97 Å². The number of para-hydroxylation sites is 1. The van der Waals surface area contributed by atoms with Crippen molar-refractivity contribution in [3.05, 3.63) is 65.6 Å². The van der Waals surface area contributed by atoms with Gasteiger partial charge in [0.25, 0.3) is 0 Å². The Bertz CT molecular complexity index is 1030. The smallest absolute Gasteiger partial charge is 0.363 e. The van der Waals surface area contributed by atoms with Gasteiger partial charge in [-0.2, -0.15) is 0 Å². The van der Waals surface area contributed by atoms with Crippen molar-refractivity contribution in [2.24, 2.45) is 4.99 Å². The van der Waals surface area contributed by atoms with Crippen molar-refractivity contribution < 1.29 is 23.4 Å². The standard InChI is InChI=1S/C20H15NO5/c1-23-17-8-7-13(10-18(17)24-2)19-21-15(20(22)26-19)11-14-9-12-5-3-4-6-16(12)25-14/h3-11H,1-2H3/b15-11+. The highest BCUT2D eigenvalue weighted by Crippen LogP contribution is 2.30. The first-order chi connectivity index (χ1) is 12.7. The minimum absolute atomic E-state index is 0.175. The summed E-state index contributed by atoms with van der Waals surface area (Å²) in [5.74, 6) is 1.32. The van der Waals surface area contributed by atoms with Gasteiger partial charge in [0, 0.05) is 17.0 Å². The quantitative estimate of drug-likeness (QED) is 0.529. The average Bonchev–Trinajstić information content (AvgIpc) is 3.24. The molecule has 0 amide bonds. The van der Waals surface area contributed by atoms with E-state index in [-0.39, 0.29) is 11.6 Å². The number of rotatable bonds is 4. The van der Waals surface area contributed by atoms with Crippen LogP contribution in [0.3, 0.4) is 0 Å². The highest BCUT2D eigenvalue weighted by atomic mass is 16.6. The van der Waals surface area contributed by atoms with E-state index in [2.05, 4.69) is 4.99 Å². The maximum absolute atomic E-state index is 12.2. The summed E-state index contributed by atoms with van der Waals surface area (Å²) in [6.45, 7) is 0. The lowest BCUT2D eigenvalue weighted by Crippen LogP contribution is -2.05. The zero-order chi connectivity index (χ0) is 18.1. The van der Waals surface area contributed by atoms with Gasteiger partial charge in [0.15, 0.2) is 17.2 Å². The van der Waals surface area contributed by atoms with Crippen molar-refractivity contribution in [1.29, 1.82) is 0 Å². The first-order valence-electron chi connectivity index (χ1n) is 7.91. The number of benzene rings is 2. The summed E-state index contributed by atoms with van der Waals surface area (Å²) in [5.41, 5.74) is 1.53. The minimum atomic E-state index is -0.532. The van der Waals surface area contributed by atoms with Crippen LogP contribution in [-0.2, 0) is 9.53 Å². The Morgan fingerprint density at radius 3 is 2.58 bits per heavy atom. The van der Waals surface area contributed by atoms with Crippen LogP contribution in [0, 0.1) is 0 Å². The van der Waals surface area contributed by atoms with Crippen molar-refractivity contribution in [2.75, 3.05) is 14.2 Å². The molecule has 0 saturated heterocycles. The highest BCUT2D eigenvalue weighted by Gasteiger charge is 2.25. The third-order valence-electron chi connectivity index (χ3n) is 3.97. The fraction of sp³-hybridized carbons (Fsp3) is 0.100. The van der Waals surface area contributed by atoms with E-state index in [4.69, 9.17) is 18.6 Å². The Hall–Kier alpha value is -3.54. The van der Waals surface area contributed by atoms with Crippen LogP contribution in [0.2, 0.25) is 0 Å². The summed E-state index contributed by atoms with van der Waals surface area (Å²) in [7, 11) is 3.09. The molecule has 26 heavy (non-hydrogen) atoms. The lowest BCUT2D eigenvalue weighted by atomic mass is 10.2. The van der Waals surface area contributed by atoms with E-state index >= 15 is 0 Å². The molecule has 0 fully saturated rings. The van der Waals surface area contributed by atoms with Gasteiger partial charge in [0.05, 0.1) is 14.2 Å². The molecule has 0 radical (unpaired) electrons. The van der Waals surface area contributed by atoms with Crippen molar-refractivity contribution in [3.8, 4) is 11.5 Å². The molecule has 0 unspecified atom stereocenters. The maximum atomic E-state index is 12.2. The van der Waals surface area contributed by atoms with E-state index in [1.807, 2.05) is 30.3 Å². The largest absolute Gasteiger partial charge is 0.493 e. The number of esters is 1. The first kappa shape index (κ1) is 16.0. The minimum Gasteiger partial charge on any atom is -0.493 e. The maximum Gasteiger partial charge on any atom is 0.363 e. The Balaban J connectivity index is 1.69. The van der Waals surface area contributed by atoms with Crippen LogP contribution in [0.1, 0.15) is 11.3 Å². The predicted molar refractivity (Wildman–Crippen MR) is 96.4 cm³/mol. The molecule has 0 aliphatic carbocycles. The Kier molecular flexibility index (Phi) is 3.93.